The van der Waals surface area contributed by atoms with E-state index in [1.54, 1.807) is 4.90 Å². The predicted octanol–water partition coefficient (Wildman–Crippen LogP) is 3.46. The van der Waals surface area contributed by atoms with Crippen molar-refractivity contribution in [3.63, 3.8) is 0 Å². The van der Waals surface area contributed by atoms with Gasteiger partial charge in [-0.25, -0.2) is 4.79 Å². The van der Waals surface area contributed by atoms with Crippen LogP contribution in [0.2, 0.25) is 0 Å². The van der Waals surface area contributed by atoms with E-state index in [0.717, 1.165) is 35.9 Å². The Morgan fingerprint density at radius 1 is 1.28 bits per heavy atom. The van der Waals surface area contributed by atoms with Crippen molar-refractivity contribution in [2.45, 2.75) is 51.7 Å². The zero-order valence-electron chi connectivity index (χ0n) is 15.5. The van der Waals surface area contributed by atoms with Crippen molar-refractivity contribution in [3.05, 3.63) is 23.8 Å². The molecule has 136 valence electrons. The van der Waals surface area contributed by atoms with Gasteiger partial charge in [-0.1, -0.05) is 12.1 Å². The zero-order valence-corrected chi connectivity index (χ0v) is 15.5. The minimum Gasteiger partial charge on any atom is -0.490 e. The summed E-state index contributed by atoms with van der Waals surface area (Å²) in [5, 5.41) is 0. The Hall–Kier alpha value is -1.75. The second kappa shape index (κ2) is 6.20. The molecule has 3 aliphatic rings. The number of hydrogen-bond donors (Lipinski definition) is 0. The number of anilines is 1. The van der Waals surface area contributed by atoms with E-state index in [9.17, 15) is 4.79 Å². The van der Waals surface area contributed by atoms with Crippen LogP contribution < -0.4 is 9.64 Å². The molecule has 0 N–H and O–H groups in total. The lowest BCUT2D eigenvalue weighted by Gasteiger charge is -2.25. The third-order valence-electron chi connectivity index (χ3n) is 5.02. The largest absolute Gasteiger partial charge is 0.490 e. The van der Waals surface area contributed by atoms with Crippen molar-refractivity contribution < 1.29 is 14.3 Å². The smallest absolute Gasteiger partial charge is 0.414 e. The average Bonchev–Trinajstić information content (AvgIpc) is 3.44. The van der Waals surface area contributed by atoms with E-state index in [4.69, 9.17) is 9.47 Å². The molecular formula is C20H28N2O3. The van der Waals surface area contributed by atoms with Gasteiger partial charge in [0.15, 0.2) is 0 Å². The summed E-state index contributed by atoms with van der Waals surface area (Å²) in [6.07, 6.45) is 3.34. The highest BCUT2D eigenvalue weighted by Crippen LogP contribution is 2.39. The summed E-state index contributed by atoms with van der Waals surface area (Å²) >= 11 is 0. The lowest BCUT2D eigenvalue weighted by atomic mass is 10.1. The monoisotopic (exact) mass is 344 g/mol. The summed E-state index contributed by atoms with van der Waals surface area (Å²) in [7, 11) is 0. The van der Waals surface area contributed by atoms with Gasteiger partial charge in [0.2, 0.25) is 0 Å². The average molecular weight is 344 g/mol. The molecule has 4 rings (SSSR count). The Kier molecular flexibility index (Phi) is 4.14. The second-order valence-electron chi connectivity index (χ2n) is 8.51. The van der Waals surface area contributed by atoms with Gasteiger partial charge in [0.1, 0.15) is 18.0 Å². The number of ether oxygens (including phenoxy) is 2. The van der Waals surface area contributed by atoms with E-state index in [-0.39, 0.29) is 6.09 Å². The molecule has 0 radical (unpaired) electrons. The number of amides is 1. The number of nitrogens with zero attached hydrogens (tertiary/aromatic N) is 2. The van der Waals surface area contributed by atoms with Crippen molar-refractivity contribution in [2.75, 3.05) is 31.1 Å². The molecule has 2 aliphatic heterocycles. The van der Waals surface area contributed by atoms with Gasteiger partial charge in [0.05, 0.1) is 11.7 Å². The van der Waals surface area contributed by atoms with Gasteiger partial charge in [-0.3, -0.25) is 9.80 Å². The molecular weight excluding hydrogens is 316 g/mol. The van der Waals surface area contributed by atoms with Crippen LogP contribution in [0.15, 0.2) is 18.2 Å². The molecule has 0 spiro atoms. The normalized spacial score (nSPS) is 24.8. The van der Waals surface area contributed by atoms with Crippen LogP contribution in [0, 0.1) is 5.92 Å². The summed E-state index contributed by atoms with van der Waals surface area (Å²) in [6.45, 7) is 9.41. The lowest BCUT2D eigenvalue weighted by molar-refractivity contribution is 0.0583. The Balaban J connectivity index is 1.41. The van der Waals surface area contributed by atoms with E-state index >= 15 is 0 Å². The van der Waals surface area contributed by atoms with Gasteiger partial charge < -0.3 is 9.47 Å². The van der Waals surface area contributed by atoms with E-state index in [0.29, 0.717) is 19.2 Å². The fourth-order valence-corrected chi connectivity index (χ4v) is 3.46. The standard InChI is InChI=1S/C20H28N2O3/c1-20(2,3)25-19(23)22-10-9-15-5-4-6-17(18(15)22)24-13-16-12-21(16)11-14-7-8-14/h4-6,14,16H,7-13H2,1-3H3. The van der Waals surface area contributed by atoms with Crippen LogP contribution in [-0.2, 0) is 11.2 Å². The van der Waals surface area contributed by atoms with Crippen LogP contribution in [0.3, 0.4) is 0 Å². The van der Waals surface area contributed by atoms with E-state index in [1.165, 1.54) is 19.4 Å². The number of fused-ring (bicyclic) bond motifs is 1. The van der Waals surface area contributed by atoms with Gasteiger partial charge in [0.25, 0.3) is 0 Å². The summed E-state index contributed by atoms with van der Waals surface area (Å²) in [4.78, 5) is 16.8. The van der Waals surface area contributed by atoms with E-state index < -0.39 is 5.60 Å². The Morgan fingerprint density at radius 3 is 2.80 bits per heavy atom. The highest BCUT2D eigenvalue weighted by Gasteiger charge is 2.39. The quantitative estimate of drug-likeness (QED) is 0.767. The number of carbonyl (C=O) groups is 1. The van der Waals surface area contributed by atoms with Crippen molar-refractivity contribution >= 4 is 11.8 Å². The van der Waals surface area contributed by atoms with E-state index in [2.05, 4.69) is 11.0 Å². The first-order valence-electron chi connectivity index (χ1n) is 9.40. The minimum absolute atomic E-state index is 0.288. The first-order chi connectivity index (χ1) is 11.9. The van der Waals surface area contributed by atoms with Gasteiger partial charge >= 0.3 is 6.09 Å². The highest BCUT2D eigenvalue weighted by atomic mass is 16.6. The highest BCUT2D eigenvalue weighted by molar-refractivity contribution is 5.92. The molecule has 1 saturated heterocycles. The summed E-state index contributed by atoms with van der Waals surface area (Å²) in [6, 6.07) is 6.59. The van der Waals surface area contributed by atoms with E-state index in [1.807, 2.05) is 32.9 Å². The topological polar surface area (TPSA) is 41.8 Å². The molecule has 0 aromatic heterocycles. The van der Waals surface area contributed by atoms with Crippen LogP contribution in [0.25, 0.3) is 0 Å². The molecule has 1 amide bonds. The molecule has 1 aromatic carbocycles. The molecule has 2 unspecified atom stereocenters. The maximum absolute atomic E-state index is 12.5. The third-order valence-corrected chi connectivity index (χ3v) is 5.02. The Morgan fingerprint density at radius 2 is 2.08 bits per heavy atom. The number of para-hydroxylation sites is 1. The number of hydrogen-bond acceptors (Lipinski definition) is 4. The molecule has 2 fully saturated rings. The number of rotatable bonds is 5. The molecule has 1 saturated carbocycles. The molecule has 0 bridgehead atoms. The van der Waals surface area contributed by atoms with Crippen LogP contribution in [0.1, 0.15) is 39.2 Å². The van der Waals surface area contributed by atoms with Gasteiger partial charge in [0, 0.05) is 19.6 Å². The van der Waals surface area contributed by atoms with Crippen LogP contribution in [0.5, 0.6) is 5.75 Å². The zero-order chi connectivity index (χ0) is 17.6. The first-order valence-corrected chi connectivity index (χ1v) is 9.40. The lowest BCUT2D eigenvalue weighted by Crippen LogP contribution is -2.36. The first kappa shape index (κ1) is 16.7. The minimum atomic E-state index is -0.493. The Labute approximate surface area is 149 Å². The van der Waals surface area contributed by atoms with Crippen molar-refractivity contribution in [1.29, 1.82) is 0 Å². The van der Waals surface area contributed by atoms with Gasteiger partial charge in [-0.2, -0.15) is 0 Å². The van der Waals surface area contributed by atoms with Crippen molar-refractivity contribution in [1.82, 2.24) is 4.90 Å². The maximum Gasteiger partial charge on any atom is 0.414 e. The molecule has 1 aromatic rings. The fraction of sp³-hybridized carbons (Fsp3) is 0.650. The summed E-state index contributed by atoms with van der Waals surface area (Å²) in [5.74, 6) is 1.73. The predicted molar refractivity (Wildman–Crippen MR) is 97.3 cm³/mol. The number of carbonyl (C=O) groups excluding carboxylic acids is 1. The van der Waals surface area contributed by atoms with Gasteiger partial charge in [-0.05, 0) is 57.6 Å². The molecule has 25 heavy (non-hydrogen) atoms. The van der Waals surface area contributed by atoms with Crippen LogP contribution in [-0.4, -0.2) is 48.9 Å². The molecule has 5 nitrogen and oxygen atoms in total. The second-order valence-corrected chi connectivity index (χ2v) is 8.51. The molecule has 2 heterocycles. The SMILES string of the molecule is CC(C)(C)OC(=O)N1CCc2cccc(OCC3CN3CC3CC3)c21. The Bertz CT molecular complexity index is 663. The molecule has 1 aliphatic carbocycles. The van der Waals surface area contributed by atoms with Crippen LogP contribution in [0.4, 0.5) is 10.5 Å². The summed E-state index contributed by atoms with van der Waals surface area (Å²) < 4.78 is 11.7. The third kappa shape index (κ3) is 3.92. The summed E-state index contributed by atoms with van der Waals surface area (Å²) in [5.41, 5.74) is 1.56. The maximum atomic E-state index is 12.5. The van der Waals surface area contributed by atoms with Crippen molar-refractivity contribution in [2.24, 2.45) is 5.92 Å². The molecule has 5 heteroatoms. The fourth-order valence-electron chi connectivity index (χ4n) is 3.46. The van der Waals surface area contributed by atoms with Crippen LogP contribution >= 0.6 is 0 Å². The van der Waals surface area contributed by atoms with Crippen molar-refractivity contribution in [3.8, 4) is 5.75 Å². The number of benzene rings is 1. The molecule has 2 atom stereocenters. The van der Waals surface area contributed by atoms with Gasteiger partial charge in [-0.15, -0.1) is 0 Å².